The van der Waals surface area contributed by atoms with Crippen LogP contribution in [0.3, 0.4) is 0 Å². The lowest BCUT2D eigenvalue weighted by atomic mass is 9.90. The zero-order valence-corrected chi connectivity index (χ0v) is 9.56. The van der Waals surface area contributed by atoms with Gasteiger partial charge < -0.3 is 0 Å². The molecule has 0 saturated heterocycles. The molecule has 1 aromatic rings. The van der Waals surface area contributed by atoms with E-state index in [0.717, 1.165) is 12.0 Å². The van der Waals surface area contributed by atoms with Gasteiger partial charge in [-0.1, -0.05) is 13.3 Å². The molecular weight excluding hydrogens is 192 g/mol. The Labute approximate surface area is 89.1 Å². The van der Waals surface area contributed by atoms with E-state index in [0.29, 0.717) is 17.6 Å². The highest BCUT2D eigenvalue weighted by atomic mass is 32.1. The molecule has 1 saturated carbocycles. The van der Waals surface area contributed by atoms with Gasteiger partial charge in [-0.15, -0.1) is 11.3 Å². The van der Waals surface area contributed by atoms with E-state index < -0.39 is 0 Å². The molecule has 2 heteroatoms. The molecule has 1 fully saturated rings. The first kappa shape index (κ1) is 9.91. The maximum atomic E-state index is 12.1. The van der Waals surface area contributed by atoms with E-state index in [-0.39, 0.29) is 0 Å². The van der Waals surface area contributed by atoms with Crippen LogP contribution in [0.25, 0.3) is 0 Å². The van der Waals surface area contributed by atoms with Gasteiger partial charge in [-0.05, 0) is 37.1 Å². The van der Waals surface area contributed by atoms with E-state index in [1.165, 1.54) is 17.7 Å². The van der Waals surface area contributed by atoms with Crippen LogP contribution in [0.5, 0.6) is 0 Å². The second-order valence-corrected chi connectivity index (χ2v) is 5.39. The molecule has 1 heterocycles. The summed E-state index contributed by atoms with van der Waals surface area (Å²) in [4.78, 5) is 13.3. The quantitative estimate of drug-likeness (QED) is 0.678. The Balaban J connectivity index is 2.20. The van der Waals surface area contributed by atoms with Crippen molar-refractivity contribution in [2.45, 2.75) is 33.1 Å². The van der Waals surface area contributed by atoms with E-state index in [1.54, 1.807) is 11.3 Å². The van der Waals surface area contributed by atoms with Crippen LogP contribution in [0.15, 0.2) is 11.4 Å². The normalized spacial score (nSPS) is 26.7. The Hall–Kier alpha value is -0.630. The Morgan fingerprint density at radius 1 is 1.50 bits per heavy atom. The number of carbonyl (C=O) groups excluding carboxylic acids is 1. The third-order valence-corrected chi connectivity index (χ3v) is 4.17. The van der Waals surface area contributed by atoms with Crippen molar-refractivity contribution in [3.8, 4) is 0 Å². The summed E-state index contributed by atoms with van der Waals surface area (Å²) in [6, 6.07) is 1.98. The number of aryl methyl sites for hydroxylation is 1. The topological polar surface area (TPSA) is 17.1 Å². The predicted molar refractivity (Wildman–Crippen MR) is 59.9 cm³/mol. The number of ketones is 1. The minimum atomic E-state index is 0.295. The molecule has 0 N–H and O–H groups in total. The Morgan fingerprint density at radius 3 is 2.79 bits per heavy atom. The van der Waals surface area contributed by atoms with Crippen molar-refractivity contribution in [1.82, 2.24) is 0 Å². The summed E-state index contributed by atoms with van der Waals surface area (Å²) in [5, 5.41) is 2.02. The van der Waals surface area contributed by atoms with Crippen molar-refractivity contribution in [2.24, 2.45) is 11.8 Å². The Morgan fingerprint density at radius 2 is 2.29 bits per heavy atom. The van der Waals surface area contributed by atoms with Crippen molar-refractivity contribution in [3.63, 3.8) is 0 Å². The molecule has 0 bridgehead atoms. The molecule has 1 aromatic heterocycles. The number of hydrogen-bond donors (Lipinski definition) is 0. The molecule has 1 aliphatic carbocycles. The van der Waals surface area contributed by atoms with Gasteiger partial charge in [-0.25, -0.2) is 0 Å². The van der Waals surface area contributed by atoms with E-state index in [1.807, 2.05) is 18.4 Å². The van der Waals surface area contributed by atoms with Crippen molar-refractivity contribution in [2.75, 3.05) is 0 Å². The van der Waals surface area contributed by atoms with Crippen LogP contribution in [-0.4, -0.2) is 5.78 Å². The van der Waals surface area contributed by atoms with Crippen LogP contribution >= 0.6 is 11.3 Å². The van der Waals surface area contributed by atoms with Crippen LogP contribution in [0.1, 0.15) is 41.4 Å². The summed E-state index contributed by atoms with van der Waals surface area (Å²) in [5.41, 5.74) is 0.966. The number of thiophene rings is 1. The highest BCUT2D eigenvalue weighted by Gasteiger charge is 2.30. The van der Waals surface area contributed by atoms with Crippen molar-refractivity contribution in [1.29, 1.82) is 0 Å². The molecule has 0 amide bonds. The lowest BCUT2D eigenvalue weighted by Crippen LogP contribution is -2.17. The molecule has 2 unspecified atom stereocenters. The summed E-state index contributed by atoms with van der Waals surface area (Å²) in [6.07, 6.45) is 3.54. The third kappa shape index (κ3) is 1.63. The van der Waals surface area contributed by atoms with Gasteiger partial charge in [0.15, 0.2) is 5.78 Å². The van der Waals surface area contributed by atoms with E-state index >= 15 is 0 Å². The van der Waals surface area contributed by atoms with Gasteiger partial charge in [-0.3, -0.25) is 4.79 Å². The largest absolute Gasteiger partial charge is 0.294 e. The smallest absolute Gasteiger partial charge is 0.167 e. The van der Waals surface area contributed by atoms with E-state index in [4.69, 9.17) is 0 Å². The summed E-state index contributed by atoms with van der Waals surface area (Å²) in [6.45, 7) is 4.24. The zero-order chi connectivity index (χ0) is 10.1. The fourth-order valence-electron chi connectivity index (χ4n) is 2.38. The van der Waals surface area contributed by atoms with Gasteiger partial charge in [0.05, 0.1) is 0 Å². The highest BCUT2D eigenvalue weighted by molar-refractivity contribution is 7.10. The molecule has 14 heavy (non-hydrogen) atoms. The van der Waals surface area contributed by atoms with E-state index in [9.17, 15) is 4.79 Å². The summed E-state index contributed by atoms with van der Waals surface area (Å²) in [5.74, 6) is 1.26. The van der Waals surface area contributed by atoms with Gasteiger partial charge in [0.25, 0.3) is 0 Å². The molecule has 1 aliphatic rings. The van der Waals surface area contributed by atoms with Crippen LogP contribution in [0.2, 0.25) is 0 Å². The van der Waals surface area contributed by atoms with Crippen molar-refractivity contribution >= 4 is 17.1 Å². The van der Waals surface area contributed by atoms with E-state index in [2.05, 4.69) is 6.92 Å². The average molecular weight is 208 g/mol. The maximum absolute atomic E-state index is 12.1. The number of Topliss-reactive ketones (excluding diaryl/α,β-unsaturated/α-hetero) is 1. The first-order valence-electron chi connectivity index (χ1n) is 5.28. The lowest BCUT2D eigenvalue weighted by Gasteiger charge is -2.13. The minimum absolute atomic E-state index is 0.295. The molecule has 2 rings (SSSR count). The number of hydrogen-bond acceptors (Lipinski definition) is 2. The predicted octanol–water partition coefficient (Wildman–Crippen LogP) is 3.68. The standard InChI is InChI=1S/C12H16OS/c1-8-4-3-5-10(8)12(13)11-6-7-14-9(11)2/h6-8,10H,3-5H2,1-2H3. The average Bonchev–Trinajstić information content (AvgIpc) is 2.73. The van der Waals surface area contributed by atoms with Gasteiger partial charge in [0, 0.05) is 16.4 Å². The number of rotatable bonds is 2. The summed E-state index contributed by atoms with van der Waals surface area (Å²) in [7, 11) is 0. The molecule has 76 valence electrons. The Kier molecular flexibility index (Phi) is 2.73. The SMILES string of the molecule is Cc1sccc1C(=O)C1CCCC1C. The second kappa shape index (κ2) is 3.85. The van der Waals surface area contributed by atoms with Crippen LogP contribution in [-0.2, 0) is 0 Å². The molecule has 2 atom stereocenters. The molecule has 0 radical (unpaired) electrons. The summed E-state index contributed by atoms with van der Waals surface area (Å²) < 4.78 is 0. The second-order valence-electron chi connectivity index (χ2n) is 4.27. The molecule has 0 spiro atoms. The van der Waals surface area contributed by atoms with Crippen LogP contribution in [0.4, 0.5) is 0 Å². The summed E-state index contributed by atoms with van der Waals surface area (Å²) >= 11 is 1.67. The monoisotopic (exact) mass is 208 g/mol. The first-order chi connectivity index (χ1) is 6.70. The Bertz CT molecular complexity index is 340. The first-order valence-corrected chi connectivity index (χ1v) is 6.16. The van der Waals surface area contributed by atoms with Gasteiger partial charge in [-0.2, -0.15) is 0 Å². The number of carbonyl (C=O) groups is 1. The van der Waals surface area contributed by atoms with Gasteiger partial charge >= 0.3 is 0 Å². The molecular formula is C12H16OS. The molecule has 0 aromatic carbocycles. The molecule has 0 aliphatic heterocycles. The highest BCUT2D eigenvalue weighted by Crippen LogP contribution is 2.34. The fourth-order valence-corrected chi connectivity index (χ4v) is 3.08. The zero-order valence-electron chi connectivity index (χ0n) is 8.75. The van der Waals surface area contributed by atoms with Crippen LogP contribution in [0, 0.1) is 18.8 Å². The molecule has 1 nitrogen and oxygen atoms in total. The van der Waals surface area contributed by atoms with Crippen molar-refractivity contribution < 1.29 is 4.79 Å². The lowest BCUT2D eigenvalue weighted by molar-refractivity contribution is 0.0897. The maximum Gasteiger partial charge on any atom is 0.167 e. The van der Waals surface area contributed by atoms with Gasteiger partial charge in [0.2, 0.25) is 0 Å². The third-order valence-electron chi connectivity index (χ3n) is 3.32. The van der Waals surface area contributed by atoms with Crippen LogP contribution < -0.4 is 0 Å². The van der Waals surface area contributed by atoms with Gasteiger partial charge in [0.1, 0.15) is 0 Å². The fraction of sp³-hybridized carbons (Fsp3) is 0.583. The van der Waals surface area contributed by atoms with Crippen molar-refractivity contribution in [3.05, 3.63) is 21.9 Å². The minimum Gasteiger partial charge on any atom is -0.294 e.